The topological polar surface area (TPSA) is 75.1 Å². The van der Waals surface area contributed by atoms with Gasteiger partial charge in [0.1, 0.15) is 11.2 Å². The molecule has 0 radical (unpaired) electrons. The summed E-state index contributed by atoms with van der Waals surface area (Å²) < 4.78 is 26.8. The Hall–Kier alpha value is -2.93. The Morgan fingerprint density at radius 1 is 1.33 bits per heavy atom. The van der Waals surface area contributed by atoms with Crippen molar-refractivity contribution < 1.29 is 18.7 Å². The van der Waals surface area contributed by atoms with Crippen LogP contribution in [0.4, 0.5) is 14.6 Å². The van der Waals surface area contributed by atoms with Gasteiger partial charge in [-0.3, -0.25) is 9.78 Å². The SMILES string of the molecule is C=C(/C(C)=C\C(=C)[C@H](O)CC)c1cnc2cc(NC(=O)[C@@]3(C)CC3(F)F)ncc2c1. The summed E-state index contributed by atoms with van der Waals surface area (Å²) in [5.74, 6) is -3.55. The van der Waals surface area contributed by atoms with Crippen molar-refractivity contribution in [2.45, 2.75) is 45.6 Å². The Labute approximate surface area is 174 Å². The Bertz CT molecular complexity index is 1080. The fourth-order valence-corrected chi connectivity index (χ4v) is 3.11. The van der Waals surface area contributed by atoms with Crippen molar-refractivity contribution in [3.05, 3.63) is 60.5 Å². The molecule has 2 atom stereocenters. The highest BCUT2D eigenvalue weighted by molar-refractivity contribution is 5.98. The number of aliphatic hydroxyl groups is 1. The molecule has 0 bridgehead atoms. The first kappa shape index (κ1) is 21.8. The summed E-state index contributed by atoms with van der Waals surface area (Å²) in [6, 6.07) is 3.40. The van der Waals surface area contributed by atoms with Gasteiger partial charge in [0, 0.05) is 35.8 Å². The van der Waals surface area contributed by atoms with Crippen LogP contribution in [-0.4, -0.2) is 33.0 Å². The molecule has 0 spiro atoms. The minimum Gasteiger partial charge on any atom is -0.388 e. The minimum absolute atomic E-state index is 0.177. The quantitative estimate of drug-likeness (QED) is 0.633. The second-order valence-electron chi connectivity index (χ2n) is 7.96. The number of allylic oxidation sites excluding steroid dienone is 2. The van der Waals surface area contributed by atoms with Crippen LogP contribution in [0.2, 0.25) is 0 Å². The summed E-state index contributed by atoms with van der Waals surface area (Å²) in [6.07, 6.45) is 4.49. The molecule has 2 aromatic heterocycles. The number of aromatic nitrogens is 2. The molecule has 1 amide bonds. The van der Waals surface area contributed by atoms with Crippen molar-refractivity contribution in [3.8, 4) is 0 Å². The standard InChI is InChI=1S/C23H25F2N3O2/c1-6-19(29)14(3)7-13(2)15(4)16-8-17-11-27-20(9-18(17)26-10-16)28-21(30)22(5)12-23(22,24)25/h7-11,19,29H,3-4,6,12H2,1-2,5H3,(H,27,28,30)/b13-7-/t19-,22-/m1/s1. The summed E-state index contributed by atoms with van der Waals surface area (Å²) in [4.78, 5) is 20.7. The molecule has 1 fully saturated rings. The molecule has 2 N–H and O–H groups in total. The smallest absolute Gasteiger partial charge is 0.263 e. The lowest BCUT2D eigenvalue weighted by Gasteiger charge is -2.12. The maximum absolute atomic E-state index is 13.4. The van der Waals surface area contributed by atoms with E-state index < -0.39 is 29.8 Å². The molecule has 158 valence electrons. The molecular weight excluding hydrogens is 388 g/mol. The van der Waals surface area contributed by atoms with Gasteiger partial charge >= 0.3 is 0 Å². The summed E-state index contributed by atoms with van der Waals surface area (Å²) in [7, 11) is 0. The molecule has 0 unspecified atom stereocenters. The number of carbonyl (C=O) groups is 1. The van der Waals surface area contributed by atoms with Crippen molar-refractivity contribution in [2.24, 2.45) is 5.41 Å². The molecule has 2 aromatic rings. The summed E-state index contributed by atoms with van der Waals surface area (Å²) in [5, 5.41) is 13.0. The third-order valence-corrected chi connectivity index (χ3v) is 5.61. The van der Waals surface area contributed by atoms with Crippen LogP contribution in [0.1, 0.15) is 39.2 Å². The molecule has 2 heterocycles. The first-order chi connectivity index (χ1) is 14.0. The van der Waals surface area contributed by atoms with Gasteiger partial charge in [-0.15, -0.1) is 0 Å². The van der Waals surface area contributed by atoms with E-state index in [4.69, 9.17) is 0 Å². The second kappa shape index (κ2) is 7.72. The Kier molecular flexibility index (Phi) is 5.60. The van der Waals surface area contributed by atoms with E-state index in [1.165, 1.54) is 13.1 Å². The van der Waals surface area contributed by atoms with Crippen LogP contribution < -0.4 is 5.32 Å². The number of nitrogens with one attached hydrogen (secondary N) is 1. The highest BCUT2D eigenvalue weighted by Crippen LogP contribution is 2.60. The van der Waals surface area contributed by atoms with Gasteiger partial charge in [-0.05, 0) is 43.1 Å². The number of nitrogens with zero attached hydrogens (tertiary/aromatic N) is 2. The van der Waals surface area contributed by atoms with Crippen LogP contribution in [0.25, 0.3) is 16.5 Å². The predicted molar refractivity (Wildman–Crippen MR) is 114 cm³/mol. The summed E-state index contributed by atoms with van der Waals surface area (Å²) in [6.45, 7) is 13.0. The number of pyridine rings is 2. The molecule has 30 heavy (non-hydrogen) atoms. The van der Waals surface area contributed by atoms with Gasteiger partial charge in [-0.25, -0.2) is 13.8 Å². The van der Waals surface area contributed by atoms with E-state index in [1.807, 2.05) is 19.9 Å². The van der Waals surface area contributed by atoms with Crippen LogP contribution in [0, 0.1) is 5.41 Å². The van der Waals surface area contributed by atoms with Gasteiger partial charge in [0.2, 0.25) is 5.91 Å². The molecular formula is C23H25F2N3O2. The number of anilines is 1. The molecule has 0 aliphatic heterocycles. The maximum Gasteiger partial charge on any atom is 0.263 e. The third kappa shape index (κ3) is 4.03. The third-order valence-electron chi connectivity index (χ3n) is 5.61. The largest absolute Gasteiger partial charge is 0.388 e. The van der Waals surface area contributed by atoms with Crippen molar-refractivity contribution in [1.29, 1.82) is 0 Å². The predicted octanol–water partition coefficient (Wildman–Crippen LogP) is 4.90. The van der Waals surface area contributed by atoms with Crippen LogP contribution >= 0.6 is 0 Å². The van der Waals surface area contributed by atoms with E-state index in [0.29, 0.717) is 17.5 Å². The van der Waals surface area contributed by atoms with Crippen molar-refractivity contribution in [3.63, 3.8) is 0 Å². The van der Waals surface area contributed by atoms with Crippen LogP contribution in [0.5, 0.6) is 0 Å². The number of carbonyl (C=O) groups excluding carboxylic acids is 1. The van der Waals surface area contributed by atoms with Crippen molar-refractivity contribution in [2.75, 3.05) is 5.32 Å². The molecule has 5 nitrogen and oxygen atoms in total. The second-order valence-corrected chi connectivity index (χ2v) is 7.96. The fourth-order valence-electron chi connectivity index (χ4n) is 3.11. The first-order valence-corrected chi connectivity index (χ1v) is 9.68. The van der Waals surface area contributed by atoms with E-state index in [2.05, 4.69) is 28.4 Å². The molecule has 1 aliphatic rings. The molecule has 7 heteroatoms. The Morgan fingerprint density at radius 2 is 2.00 bits per heavy atom. The summed E-state index contributed by atoms with van der Waals surface area (Å²) in [5.41, 5.74) is 1.86. The molecule has 0 aromatic carbocycles. The monoisotopic (exact) mass is 413 g/mol. The maximum atomic E-state index is 13.4. The molecule has 1 aliphatic carbocycles. The molecule has 1 saturated carbocycles. The van der Waals surface area contributed by atoms with Gasteiger partial charge in [0.05, 0.1) is 11.6 Å². The zero-order chi connectivity index (χ0) is 22.3. The number of hydrogen-bond donors (Lipinski definition) is 2. The average molecular weight is 413 g/mol. The fraction of sp³-hybridized carbons (Fsp3) is 0.348. The van der Waals surface area contributed by atoms with Gasteiger partial charge < -0.3 is 10.4 Å². The zero-order valence-electron chi connectivity index (χ0n) is 17.3. The van der Waals surface area contributed by atoms with Crippen LogP contribution in [0.15, 0.2) is 54.9 Å². The molecule has 3 rings (SSSR count). The van der Waals surface area contributed by atoms with E-state index >= 15 is 0 Å². The number of aliphatic hydroxyl groups excluding tert-OH is 1. The highest BCUT2D eigenvalue weighted by atomic mass is 19.3. The highest BCUT2D eigenvalue weighted by Gasteiger charge is 2.72. The van der Waals surface area contributed by atoms with Gasteiger partial charge in [-0.1, -0.05) is 26.2 Å². The van der Waals surface area contributed by atoms with Gasteiger partial charge in [-0.2, -0.15) is 0 Å². The number of halogens is 2. The summed E-state index contributed by atoms with van der Waals surface area (Å²) >= 11 is 0. The molecule has 0 saturated heterocycles. The van der Waals surface area contributed by atoms with Crippen molar-refractivity contribution in [1.82, 2.24) is 9.97 Å². The Morgan fingerprint density at radius 3 is 2.60 bits per heavy atom. The van der Waals surface area contributed by atoms with E-state index in [0.717, 1.165) is 22.1 Å². The van der Waals surface area contributed by atoms with E-state index in [1.54, 1.807) is 18.3 Å². The number of fused-ring (bicyclic) bond motifs is 1. The zero-order valence-corrected chi connectivity index (χ0v) is 17.3. The number of hydrogen-bond acceptors (Lipinski definition) is 4. The number of amides is 1. The van der Waals surface area contributed by atoms with Crippen molar-refractivity contribution >= 4 is 28.2 Å². The van der Waals surface area contributed by atoms with Gasteiger partial charge in [0.15, 0.2) is 0 Å². The number of alkyl halides is 2. The van der Waals surface area contributed by atoms with Crippen LogP contribution in [0.3, 0.4) is 0 Å². The average Bonchev–Trinajstić information content (AvgIpc) is 3.24. The minimum atomic E-state index is -2.98. The normalized spacial score (nSPS) is 21.2. The lowest BCUT2D eigenvalue weighted by atomic mass is 9.98. The number of rotatable bonds is 7. The van der Waals surface area contributed by atoms with Gasteiger partial charge in [0.25, 0.3) is 5.92 Å². The lowest BCUT2D eigenvalue weighted by Crippen LogP contribution is -2.27. The van der Waals surface area contributed by atoms with Crippen LogP contribution in [-0.2, 0) is 4.79 Å². The van der Waals surface area contributed by atoms with E-state index in [-0.39, 0.29) is 5.82 Å². The Balaban J connectivity index is 1.78. The van der Waals surface area contributed by atoms with E-state index in [9.17, 15) is 18.7 Å². The first-order valence-electron chi connectivity index (χ1n) is 9.68. The lowest BCUT2D eigenvalue weighted by molar-refractivity contribution is -0.123.